The van der Waals surface area contributed by atoms with Gasteiger partial charge in [-0.2, -0.15) is 0 Å². The molecule has 0 amide bonds. The van der Waals surface area contributed by atoms with Gasteiger partial charge in [-0.1, -0.05) is 54.6 Å². The second kappa shape index (κ2) is 7.57. The van der Waals surface area contributed by atoms with Gasteiger partial charge in [0.1, 0.15) is 5.58 Å². The van der Waals surface area contributed by atoms with Crippen LogP contribution < -0.4 is 16.3 Å². The molecule has 2 aromatic carbocycles. The molecule has 0 unspecified atom stereocenters. The predicted molar refractivity (Wildman–Crippen MR) is 101 cm³/mol. The van der Waals surface area contributed by atoms with Gasteiger partial charge in [-0.15, -0.1) is 11.7 Å². The third-order valence-electron chi connectivity index (χ3n) is 3.41. The van der Waals surface area contributed by atoms with Crippen LogP contribution in [0, 0.1) is 0 Å². The molecule has 4 nitrogen and oxygen atoms in total. The normalized spacial score (nSPS) is 11.2. The predicted octanol–water partition coefficient (Wildman–Crippen LogP) is 3.57. The van der Waals surface area contributed by atoms with Crippen LogP contribution in [0.1, 0.15) is 0 Å². The quantitative estimate of drug-likeness (QED) is 0.435. The Morgan fingerprint density at radius 1 is 1.12 bits per heavy atom. The van der Waals surface area contributed by atoms with Crippen molar-refractivity contribution in [2.45, 2.75) is 0 Å². The fourth-order valence-electron chi connectivity index (χ4n) is 2.28. The van der Waals surface area contributed by atoms with Crippen LogP contribution in [0.25, 0.3) is 22.1 Å². The molecule has 0 bridgehead atoms. The maximum Gasteiger partial charge on any atom is 0.244 e. The summed E-state index contributed by atoms with van der Waals surface area (Å²) in [6.07, 6.45) is 1.73. The number of nitrogens with one attached hydrogen (secondary N) is 2. The van der Waals surface area contributed by atoms with Gasteiger partial charge in [0.05, 0.1) is 0 Å². The van der Waals surface area contributed by atoms with Gasteiger partial charge in [-0.25, -0.2) is 0 Å². The van der Waals surface area contributed by atoms with Gasteiger partial charge in [-0.3, -0.25) is 5.43 Å². The molecule has 0 aliphatic heterocycles. The fourth-order valence-corrected chi connectivity index (χ4v) is 2.41. The molecule has 0 radical (unpaired) electrons. The van der Waals surface area contributed by atoms with Crippen molar-refractivity contribution >= 4 is 28.3 Å². The first-order chi connectivity index (χ1) is 11.8. The van der Waals surface area contributed by atoms with E-state index in [4.69, 9.17) is 16.6 Å². The van der Waals surface area contributed by atoms with Crippen LogP contribution in [0.3, 0.4) is 0 Å². The van der Waals surface area contributed by atoms with E-state index in [1.807, 2.05) is 54.6 Å². The molecule has 3 aromatic rings. The first kappa shape index (κ1) is 16.0. The lowest BCUT2D eigenvalue weighted by molar-refractivity contribution is 0.533. The Morgan fingerprint density at radius 3 is 2.67 bits per heavy atom. The minimum atomic E-state index is 0.414. The molecule has 0 spiro atoms. The highest BCUT2D eigenvalue weighted by molar-refractivity contribution is 7.80. The Labute approximate surface area is 145 Å². The summed E-state index contributed by atoms with van der Waals surface area (Å²) in [7, 11) is 0. The minimum absolute atomic E-state index is 0.414. The molecule has 0 atom stereocenters. The van der Waals surface area contributed by atoms with E-state index in [-0.39, 0.29) is 0 Å². The molecule has 0 fully saturated rings. The van der Waals surface area contributed by atoms with Crippen molar-refractivity contribution in [2.75, 3.05) is 6.54 Å². The zero-order chi connectivity index (χ0) is 16.8. The standard InChI is InChI=1S/C19H17N3OS/c1-2-12-20-19(24)22-21-18-16(14-8-4-3-5-9-14)13-15-10-6-7-11-17(15)23-18/h2-11,13H,1,12H2,(H2,20,22,24)/b21-18+. The maximum atomic E-state index is 5.97. The second-order valence-electron chi connectivity index (χ2n) is 5.09. The summed E-state index contributed by atoms with van der Waals surface area (Å²) < 4.78 is 5.97. The number of nitrogens with zero attached hydrogens (tertiary/aromatic N) is 1. The molecular weight excluding hydrogens is 318 g/mol. The second-order valence-corrected chi connectivity index (χ2v) is 5.50. The van der Waals surface area contributed by atoms with Crippen molar-refractivity contribution in [3.8, 4) is 11.1 Å². The summed E-state index contributed by atoms with van der Waals surface area (Å²) >= 11 is 5.17. The number of para-hydroxylation sites is 1. The zero-order valence-corrected chi connectivity index (χ0v) is 13.8. The van der Waals surface area contributed by atoms with Crippen LogP contribution in [-0.4, -0.2) is 11.7 Å². The van der Waals surface area contributed by atoms with Crippen LogP contribution in [0.5, 0.6) is 0 Å². The number of benzene rings is 2. The van der Waals surface area contributed by atoms with Crippen LogP contribution in [0.2, 0.25) is 0 Å². The Bertz CT molecular complexity index is 932. The van der Waals surface area contributed by atoms with Crippen LogP contribution in [0.15, 0.2) is 82.8 Å². The van der Waals surface area contributed by atoms with Crippen LogP contribution >= 0.6 is 12.2 Å². The third-order valence-corrected chi connectivity index (χ3v) is 3.64. The number of fused-ring (bicyclic) bond motifs is 1. The number of rotatable bonds is 4. The topological polar surface area (TPSA) is 49.6 Å². The molecular formula is C19H17N3OS. The highest BCUT2D eigenvalue weighted by Crippen LogP contribution is 2.20. The molecule has 24 heavy (non-hydrogen) atoms. The Hall–Kier alpha value is -2.92. The molecule has 1 heterocycles. The monoisotopic (exact) mass is 335 g/mol. The summed E-state index contributed by atoms with van der Waals surface area (Å²) in [5.74, 6) is 0. The van der Waals surface area contributed by atoms with Crippen LogP contribution in [-0.2, 0) is 0 Å². The van der Waals surface area contributed by atoms with E-state index in [1.165, 1.54) is 0 Å². The van der Waals surface area contributed by atoms with E-state index >= 15 is 0 Å². The van der Waals surface area contributed by atoms with Crippen molar-refractivity contribution < 1.29 is 4.42 Å². The summed E-state index contributed by atoms with van der Waals surface area (Å²) in [5.41, 5.74) is 5.98. The smallest absolute Gasteiger partial charge is 0.244 e. The van der Waals surface area contributed by atoms with E-state index in [1.54, 1.807) is 6.08 Å². The molecule has 0 aliphatic rings. The van der Waals surface area contributed by atoms with E-state index in [9.17, 15) is 0 Å². The summed E-state index contributed by atoms with van der Waals surface area (Å²) in [4.78, 5) is 0. The molecule has 5 heteroatoms. The van der Waals surface area contributed by atoms with Gasteiger partial charge < -0.3 is 9.73 Å². The van der Waals surface area contributed by atoms with Gasteiger partial charge in [0.2, 0.25) is 5.55 Å². The maximum absolute atomic E-state index is 5.97. The van der Waals surface area contributed by atoms with Crippen LogP contribution in [0.4, 0.5) is 0 Å². The van der Waals surface area contributed by atoms with Gasteiger partial charge in [0.25, 0.3) is 0 Å². The van der Waals surface area contributed by atoms with Gasteiger partial charge in [0, 0.05) is 17.5 Å². The summed E-state index contributed by atoms with van der Waals surface area (Å²) in [6.45, 7) is 4.21. The molecule has 0 aliphatic carbocycles. The molecule has 0 saturated heterocycles. The third kappa shape index (κ3) is 3.70. The average molecular weight is 335 g/mol. The molecule has 2 N–H and O–H groups in total. The first-order valence-corrected chi connectivity index (χ1v) is 7.95. The molecule has 120 valence electrons. The van der Waals surface area contributed by atoms with E-state index in [0.29, 0.717) is 17.2 Å². The summed E-state index contributed by atoms with van der Waals surface area (Å²) in [5, 5.41) is 8.73. The lowest BCUT2D eigenvalue weighted by Gasteiger charge is -2.06. The highest BCUT2D eigenvalue weighted by Gasteiger charge is 2.06. The molecule has 0 saturated carbocycles. The first-order valence-electron chi connectivity index (χ1n) is 7.55. The van der Waals surface area contributed by atoms with Gasteiger partial charge in [0.15, 0.2) is 5.11 Å². The Kier molecular flexibility index (Phi) is 5.03. The van der Waals surface area contributed by atoms with Crippen molar-refractivity contribution in [1.82, 2.24) is 10.7 Å². The Balaban J connectivity index is 2.07. The van der Waals surface area contributed by atoms with Gasteiger partial charge >= 0.3 is 0 Å². The zero-order valence-electron chi connectivity index (χ0n) is 13.0. The molecule has 1 aromatic heterocycles. The lowest BCUT2D eigenvalue weighted by atomic mass is 10.1. The highest BCUT2D eigenvalue weighted by atomic mass is 32.1. The van der Waals surface area contributed by atoms with Gasteiger partial charge in [-0.05, 0) is 29.9 Å². The van der Waals surface area contributed by atoms with E-state index in [2.05, 4.69) is 28.5 Å². The number of hydrogen-bond donors (Lipinski definition) is 2. The Morgan fingerprint density at radius 2 is 1.88 bits per heavy atom. The SMILES string of the molecule is C=CCNC(=S)N/N=c1/oc2ccccc2cc1-c1ccccc1. The van der Waals surface area contributed by atoms with E-state index < -0.39 is 0 Å². The van der Waals surface area contributed by atoms with E-state index in [0.717, 1.165) is 22.1 Å². The van der Waals surface area contributed by atoms with Crippen molar-refractivity contribution in [3.63, 3.8) is 0 Å². The lowest BCUT2D eigenvalue weighted by Crippen LogP contribution is -2.33. The number of thiocarbonyl (C=S) groups is 1. The largest absolute Gasteiger partial charge is 0.436 e. The minimum Gasteiger partial charge on any atom is -0.436 e. The van der Waals surface area contributed by atoms with Crippen molar-refractivity contribution in [1.29, 1.82) is 0 Å². The van der Waals surface area contributed by atoms with Crippen molar-refractivity contribution in [2.24, 2.45) is 5.10 Å². The summed E-state index contributed by atoms with van der Waals surface area (Å²) in [6, 6.07) is 19.9. The fraction of sp³-hybridized carbons (Fsp3) is 0.0526. The number of hydrogen-bond acceptors (Lipinski definition) is 3. The van der Waals surface area contributed by atoms with Crippen molar-refractivity contribution in [3.05, 3.63) is 78.9 Å². The molecule has 3 rings (SSSR count). The average Bonchev–Trinajstić information content (AvgIpc) is 2.64.